The van der Waals surface area contributed by atoms with E-state index in [1.807, 2.05) is 0 Å². The fourth-order valence-corrected chi connectivity index (χ4v) is 2.77. The smallest absolute Gasteiger partial charge is 0.124 e. The molecule has 0 bridgehead atoms. The molecule has 1 N–H and O–H groups in total. The van der Waals surface area contributed by atoms with Crippen LogP contribution in [0.5, 0.6) is 5.75 Å². The van der Waals surface area contributed by atoms with Gasteiger partial charge in [-0.15, -0.1) is 0 Å². The Balaban J connectivity index is 2.16. The molecule has 2 aromatic carbocycles. The molecular weight excluding hydrogens is 210 g/mol. The fraction of sp³-hybridized carbons (Fsp3) is 0.200. The van der Waals surface area contributed by atoms with Crippen molar-refractivity contribution in [3.8, 4) is 5.75 Å². The number of hydrogen-bond acceptors (Lipinski definition) is 1. The summed E-state index contributed by atoms with van der Waals surface area (Å²) in [6.45, 7) is 0.846. The molecule has 4 rings (SSSR count). The van der Waals surface area contributed by atoms with E-state index >= 15 is 0 Å². The monoisotopic (exact) mass is 223 g/mol. The zero-order valence-electron chi connectivity index (χ0n) is 9.49. The Bertz CT molecular complexity index is 711. The van der Waals surface area contributed by atoms with Crippen LogP contribution in [0.4, 0.5) is 0 Å². The molecule has 0 saturated heterocycles. The van der Waals surface area contributed by atoms with Crippen LogP contribution < -0.4 is 4.74 Å². The SMILES string of the molecule is c1ccc2c(c1)[nH]c1c3c(ccc12)OCCC3. The normalized spacial score (nSPS) is 14.8. The van der Waals surface area contributed by atoms with Gasteiger partial charge in [0.15, 0.2) is 0 Å². The van der Waals surface area contributed by atoms with Gasteiger partial charge in [-0.1, -0.05) is 18.2 Å². The van der Waals surface area contributed by atoms with Crippen molar-refractivity contribution in [3.63, 3.8) is 0 Å². The molecule has 0 fully saturated rings. The number of nitrogens with one attached hydrogen (secondary N) is 1. The summed E-state index contributed by atoms with van der Waals surface area (Å²) >= 11 is 0. The molecule has 1 aliphatic rings. The Morgan fingerprint density at radius 3 is 2.94 bits per heavy atom. The van der Waals surface area contributed by atoms with Crippen molar-refractivity contribution in [2.24, 2.45) is 0 Å². The first-order chi connectivity index (χ1) is 8.43. The predicted octanol–water partition coefficient (Wildman–Crippen LogP) is 3.65. The van der Waals surface area contributed by atoms with Crippen molar-refractivity contribution in [1.82, 2.24) is 4.98 Å². The van der Waals surface area contributed by atoms with Crippen LogP contribution in [0.2, 0.25) is 0 Å². The number of ether oxygens (including phenoxy) is 1. The van der Waals surface area contributed by atoms with Crippen molar-refractivity contribution in [1.29, 1.82) is 0 Å². The maximum Gasteiger partial charge on any atom is 0.124 e. The lowest BCUT2D eigenvalue weighted by atomic mass is 10.0. The van der Waals surface area contributed by atoms with E-state index in [4.69, 9.17) is 4.74 Å². The molecule has 17 heavy (non-hydrogen) atoms. The number of aromatic amines is 1. The second-order valence-corrected chi connectivity index (χ2v) is 4.59. The van der Waals surface area contributed by atoms with E-state index in [0.29, 0.717) is 0 Å². The third-order valence-corrected chi connectivity index (χ3v) is 3.58. The van der Waals surface area contributed by atoms with E-state index in [-0.39, 0.29) is 0 Å². The van der Waals surface area contributed by atoms with Crippen molar-refractivity contribution in [2.45, 2.75) is 12.8 Å². The van der Waals surface area contributed by atoms with Gasteiger partial charge in [0.1, 0.15) is 5.75 Å². The van der Waals surface area contributed by atoms with Crippen LogP contribution >= 0.6 is 0 Å². The van der Waals surface area contributed by atoms with Crippen LogP contribution in [0, 0.1) is 0 Å². The number of aromatic nitrogens is 1. The predicted molar refractivity (Wildman–Crippen MR) is 69.6 cm³/mol. The first-order valence-corrected chi connectivity index (χ1v) is 6.08. The topological polar surface area (TPSA) is 25.0 Å². The third-order valence-electron chi connectivity index (χ3n) is 3.58. The second-order valence-electron chi connectivity index (χ2n) is 4.59. The Labute approximate surface area is 99.2 Å². The van der Waals surface area contributed by atoms with Gasteiger partial charge in [0.25, 0.3) is 0 Å². The number of rotatable bonds is 0. The minimum Gasteiger partial charge on any atom is -0.493 e. The van der Waals surface area contributed by atoms with Gasteiger partial charge in [-0.3, -0.25) is 0 Å². The van der Waals surface area contributed by atoms with E-state index in [9.17, 15) is 0 Å². The molecule has 0 amide bonds. The van der Waals surface area contributed by atoms with E-state index in [0.717, 1.165) is 25.2 Å². The Morgan fingerprint density at radius 2 is 1.94 bits per heavy atom. The molecule has 0 atom stereocenters. The highest BCUT2D eigenvalue weighted by Gasteiger charge is 2.15. The highest BCUT2D eigenvalue weighted by Crippen LogP contribution is 2.35. The lowest BCUT2D eigenvalue weighted by Gasteiger charge is -2.17. The molecule has 2 nitrogen and oxygen atoms in total. The summed E-state index contributed by atoms with van der Waals surface area (Å²) in [4.78, 5) is 3.53. The van der Waals surface area contributed by atoms with Crippen LogP contribution in [0.3, 0.4) is 0 Å². The molecule has 2 heterocycles. The number of aryl methyl sites for hydroxylation is 1. The van der Waals surface area contributed by atoms with Crippen LogP contribution in [-0.2, 0) is 6.42 Å². The van der Waals surface area contributed by atoms with Crippen molar-refractivity contribution < 1.29 is 4.74 Å². The quantitative estimate of drug-likeness (QED) is 0.618. The highest BCUT2D eigenvalue weighted by molar-refractivity contribution is 6.08. The number of para-hydroxylation sites is 1. The molecule has 3 aromatic rings. The lowest BCUT2D eigenvalue weighted by Crippen LogP contribution is -2.08. The summed E-state index contributed by atoms with van der Waals surface area (Å²) in [5.41, 5.74) is 3.80. The molecule has 2 heteroatoms. The van der Waals surface area contributed by atoms with Crippen molar-refractivity contribution in [3.05, 3.63) is 42.0 Å². The largest absolute Gasteiger partial charge is 0.493 e. The zero-order valence-corrected chi connectivity index (χ0v) is 9.49. The zero-order chi connectivity index (χ0) is 11.2. The number of H-pyrrole nitrogens is 1. The van der Waals surface area contributed by atoms with Gasteiger partial charge in [0.2, 0.25) is 0 Å². The molecular formula is C15H13NO. The highest BCUT2D eigenvalue weighted by atomic mass is 16.5. The van der Waals surface area contributed by atoms with Gasteiger partial charge in [0, 0.05) is 21.9 Å². The first-order valence-electron chi connectivity index (χ1n) is 6.08. The summed E-state index contributed by atoms with van der Waals surface area (Å²) in [7, 11) is 0. The minimum absolute atomic E-state index is 0.846. The van der Waals surface area contributed by atoms with Crippen molar-refractivity contribution >= 4 is 21.8 Å². The molecule has 0 spiro atoms. The van der Waals surface area contributed by atoms with Crippen LogP contribution in [0.25, 0.3) is 21.8 Å². The molecule has 1 aliphatic heterocycles. The fourth-order valence-electron chi connectivity index (χ4n) is 2.77. The van der Waals surface area contributed by atoms with Crippen LogP contribution in [0.1, 0.15) is 12.0 Å². The summed E-state index contributed by atoms with van der Waals surface area (Å²) in [5, 5.41) is 2.61. The van der Waals surface area contributed by atoms with Gasteiger partial charge in [-0.25, -0.2) is 0 Å². The Kier molecular flexibility index (Phi) is 1.75. The molecule has 0 aliphatic carbocycles. The number of hydrogen-bond donors (Lipinski definition) is 1. The standard InChI is InChI=1S/C15H13NO/c1-2-6-13-10(4-1)11-7-8-14-12(15(11)16-13)5-3-9-17-14/h1-2,4,6-8,16H,3,5,9H2. The number of fused-ring (bicyclic) bond motifs is 5. The summed E-state index contributed by atoms with van der Waals surface area (Å²) < 4.78 is 5.71. The maximum absolute atomic E-state index is 5.71. The lowest BCUT2D eigenvalue weighted by molar-refractivity contribution is 0.289. The minimum atomic E-state index is 0.846. The number of benzene rings is 2. The van der Waals surface area contributed by atoms with E-state index < -0.39 is 0 Å². The molecule has 0 saturated carbocycles. The van der Waals surface area contributed by atoms with Gasteiger partial charge < -0.3 is 9.72 Å². The van der Waals surface area contributed by atoms with E-state index in [1.165, 1.54) is 27.4 Å². The Morgan fingerprint density at radius 1 is 1.00 bits per heavy atom. The summed E-state index contributed by atoms with van der Waals surface area (Å²) in [5.74, 6) is 1.05. The van der Waals surface area contributed by atoms with E-state index in [1.54, 1.807) is 0 Å². The molecule has 0 radical (unpaired) electrons. The van der Waals surface area contributed by atoms with Crippen molar-refractivity contribution in [2.75, 3.05) is 6.61 Å². The summed E-state index contributed by atoms with van der Waals surface area (Å²) in [6.07, 6.45) is 2.22. The van der Waals surface area contributed by atoms with E-state index in [2.05, 4.69) is 41.4 Å². The average Bonchev–Trinajstić information content (AvgIpc) is 2.78. The van der Waals surface area contributed by atoms with Crippen LogP contribution in [-0.4, -0.2) is 11.6 Å². The average molecular weight is 223 g/mol. The second kappa shape index (κ2) is 3.27. The molecule has 0 unspecified atom stereocenters. The van der Waals surface area contributed by atoms with Crippen LogP contribution in [0.15, 0.2) is 36.4 Å². The maximum atomic E-state index is 5.71. The van der Waals surface area contributed by atoms with Gasteiger partial charge in [0.05, 0.1) is 12.1 Å². The molecule has 1 aromatic heterocycles. The Hall–Kier alpha value is -1.96. The van der Waals surface area contributed by atoms with Gasteiger partial charge in [-0.05, 0) is 31.0 Å². The third kappa shape index (κ3) is 1.21. The van der Waals surface area contributed by atoms with Gasteiger partial charge >= 0.3 is 0 Å². The van der Waals surface area contributed by atoms with Gasteiger partial charge in [-0.2, -0.15) is 0 Å². The molecule has 84 valence electrons. The summed E-state index contributed by atoms with van der Waals surface area (Å²) in [6, 6.07) is 12.7. The first kappa shape index (κ1) is 9.11.